The molecule has 0 saturated heterocycles. The van der Waals surface area contributed by atoms with Gasteiger partial charge in [-0.3, -0.25) is 37.3 Å². The van der Waals surface area contributed by atoms with Crippen LogP contribution >= 0.6 is 15.6 Å². The summed E-state index contributed by atoms with van der Waals surface area (Å²) in [5.74, 6) is -2.27. The molecule has 0 aliphatic carbocycles. The van der Waals surface area contributed by atoms with Crippen molar-refractivity contribution in [2.75, 3.05) is 39.6 Å². The van der Waals surface area contributed by atoms with Gasteiger partial charge in [0.25, 0.3) is 0 Å². The van der Waals surface area contributed by atoms with Crippen molar-refractivity contribution in [1.29, 1.82) is 0 Å². The number of phosphoric ester groups is 2. The molecule has 0 bridgehead atoms. The monoisotopic (exact) mass is 1500 g/mol. The number of ether oxygens (including phenoxy) is 4. The summed E-state index contributed by atoms with van der Waals surface area (Å²) in [6.45, 7) is 4.52. The lowest BCUT2D eigenvalue weighted by Gasteiger charge is -2.21. The van der Waals surface area contributed by atoms with Gasteiger partial charge < -0.3 is 33.8 Å². The fraction of sp³-hybridized carbons (Fsp3) is 0.671. The first-order valence-electron chi connectivity index (χ1n) is 40.1. The molecule has 0 heterocycles. The van der Waals surface area contributed by atoms with Crippen molar-refractivity contribution < 1.29 is 80.2 Å². The summed E-state index contributed by atoms with van der Waals surface area (Å²) in [6.07, 6.45) is 86.8. The van der Waals surface area contributed by atoms with Crippen LogP contribution in [0.4, 0.5) is 0 Å². The maximum atomic E-state index is 13.1. The molecular weight excluding hydrogens is 1350 g/mol. The second kappa shape index (κ2) is 76.1. The van der Waals surface area contributed by atoms with Crippen molar-refractivity contribution in [2.45, 2.75) is 329 Å². The molecule has 0 aliphatic heterocycles. The molecule has 0 aromatic carbocycles. The third-order valence-electron chi connectivity index (χ3n) is 16.3. The largest absolute Gasteiger partial charge is 0.472 e. The standard InChI is InChI=1S/C85H142O17P2/c1-5-9-13-17-21-25-29-33-36-38-39-41-44-47-50-54-58-62-66-70-83(88)96-76-81(102-85(90)72-68-64-60-56-52-48-42-35-31-27-23-19-15-11-7-3)78-100-104(93,94)98-74-79(86)73-97-103(91,92)99-77-80(101-84(89)71-67-63-59-55-51-45-32-28-24-20-16-12-8-4)75-95-82(87)69-65-61-57-53-49-46-43-40-37-34-30-26-22-18-14-10-6-2/h9-10,13-14,21-23,25-28,32-37,39,41-43,46-47,50,79-81,86H,5-8,11-12,15-20,24,29-31,38,40,44-45,48-49,51-78H2,1-4H3,(H,91,92)(H,93,94)/b13-9-,14-10-,25-21-,26-22-,27-23-,32-28-,36-33-,37-34-,41-39-,42-35-,46-43-,50-47-. The number of esters is 4. The van der Waals surface area contributed by atoms with Crippen molar-refractivity contribution >= 4 is 39.5 Å². The van der Waals surface area contributed by atoms with Gasteiger partial charge >= 0.3 is 39.5 Å². The number of aliphatic hydroxyl groups excluding tert-OH is 1. The van der Waals surface area contributed by atoms with Crippen molar-refractivity contribution in [1.82, 2.24) is 0 Å². The van der Waals surface area contributed by atoms with E-state index in [0.717, 1.165) is 186 Å². The Morgan fingerprint density at radius 1 is 0.279 bits per heavy atom. The van der Waals surface area contributed by atoms with Gasteiger partial charge in [-0.15, -0.1) is 0 Å². The highest BCUT2D eigenvalue weighted by Crippen LogP contribution is 2.45. The van der Waals surface area contributed by atoms with E-state index in [4.69, 9.17) is 37.0 Å². The molecule has 0 aliphatic rings. The number of unbranched alkanes of at least 4 members (excludes halogenated alkanes) is 24. The molecule has 3 N–H and O–H groups in total. The van der Waals surface area contributed by atoms with Crippen molar-refractivity contribution in [2.24, 2.45) is 0 Å². The first-order chi connectivity index (χ1) is 50.7. The first-order valence-corrected chi connectivity index (χ1v) is 43.1. The van der Waals surface area contributed by atoms with Gasteiger partial charge in [0.05, 0.1) is 26.4 Å². The molecule has 5 atom stereocenters. The summed E-state index contributed by atoms with van der Waals surface area (Å²) in [5, 5.41) is 10.6. The Balaban J connectivity index is 5.42. The van der Waals surface area contributed by atoms with Crippen LogP contribution in [0.3, 0.4) is 0 Å². The number of rotatable bonds is 74. The highest BCUT2D eigenvalue weighted by molar-refractivity contribution is 7.47. The lowest BCUT2D eigenvalue weighted by atomic mass is 10.1. The predicted octanol–water partition coefficient (Wildman–Crippen LogP) is 23.4. The lowest BCUT2D eigenvalue weighted by Crippen LogP contribution is -2.30. The molecule has 5 unspecified atom stereocenters. The van der Waals surface area contributed by atoms with Crippen LogP contribution in [0.25, 0.3) is 0 Å². The van der Waals surface area contributed by atoms with Gasteiger partial charge in [0.1, 0.15) is 19.3 Å². The number of hydrogen-bond donors (Lipinski definition) is 3. The normalized spacial score (nSPS) is 14.6. The maximum Gasteiger partial charge on any atom is 0.472 e. The van der Waals surface area contributed by atoms with E-state index in [1.165, 1.54) is 44.9 Å². The summed E-state index contributed by atoms with van der Waals surface area (Å²) in [7, 11) is -9.99. The second-order valence-corrected chi connectivity index (χ2v) is 29.1. The van der Waals surface area contributed by atoms with Gasteiger partial charge in [0.15, 0.2) is 12.2 Å². The van der Waals surface area contributed by atoms with E-state index >= 15 is 0 Å². The molecule has 0 fully saturated rings. The Kier molecular flexibility index (Phi) is 72.4. The fourth-order valence-corrected chi connectivity index (χ4v) is 11.8. The van der Waals surface area contributed by atoms with E-state index in [9.17, 15) is 43.2 Å². The average molecular weight is 1500 g/mol. The van der Waals surface area contributed by atoms with Crippen LogP contribution in [-0.4, -0.2) is 96.7 Å². The van der Waals surface area contributed by atoms with Crippen LogP contribution < -0.4 is 0 Å². The zero-order chi connectivity index (χ0) is 76.0. The Morgan fingerprint density at radius 3 is 0.808 bits per heavy atom. The molecule has 17 nitrogen and oxygen atoms in total. The molecule has 0 spiro atoms. The zero-order valence-corrected chi connectivity index (χ0v) is 66.7. The summed E-state index contributed by atoms with van der Waals surface area (Å²) < 4.78 is 68.6. The van der Waals surface area contributed by atoms with Gasteiger partial charge in [-0.1, -0.05) is 263 Å². The SMILES string of the molecule is CC/C=C\C/C=C\C/C=C\C/C=C\C/C=C\CCCCCC(=O)OCC(COP(=O)(O)OCC(O)COP(=O)(O)OCC(COC(=O)CCCCCC/C=C\C/C=C\C/C=C\C/C=C\CC)OC(=O)CCCCCCC/C=C\CCCCCC)OC(=O)CCCCCCC/C=C\C/C=C\CCCCC. The smallest absolute Gasteiger partial charge is 0.462 e. The van der Waals surface area contributed by atoms with E-state index < -0.39 is 97.5 Å². The zero-order valence-electron chi connectivity index (χ0n) is 64.9. The van der Waals surface area contributed by atoms with E-state index in [1.54, 1.807) is 0 Å². The molecule has 0 radical (unpaired) electrons. The number of carbonyl (C=O) groups is 4. The van der Waals surface area contributed by atoms with Gasteiger partial charge in [-0.25, -0.2) is 9.13 Å². The van der Waals surface area contributed by atoms with E-state index in [1.807, 2.05) is 0 Å². The molecular formula is C85H142O17P2. The van der Waals surface area contributed by atoms with Crippen LogP contribution in [0.5, 0.6) is 0 Å². The molecule has 0 aromatic rings. The van der Waals surface area contributed by atoms with Crippen LogP contribution in [0.2, 0.25) is 0 Å². The van der Waals surface area contributed by atoms with Crippen molar-refractivity contribution in [3.05, 3.63) is 146 Å². The van der Waals surface area contributed by atoms with E-state index in [0.29, 0.717) is 25.7 Å². The Labute approximate surface area is 630 Å². The summed E-state index contributed by atoms with van der Waals surface area (Å²) in [5.41, 5.74) is 0. The van der Waals surface area contributed by atoms with Crippen LogP contribution in [0, 0.1) is 0 Å². The topological polar surface area (TPSA) is 237 Å². The quantitative estimate of drug-likeness (QED) is 0.0169. The highest BCUT2D eigenvalue weighted by Gasteiger charge is 2.30. The third-order valence-corrected chi connectivity index (χ3v) is 18.2. The molecule has 0 amide bonds. The molecule has 0 aromatic heterocycles. The molecule has 104 heavy (non-hydrogen) atoms. The van der Waals surface area contributed by atoms with Gasteiger partial charge in [-0.2, -0.15) is 0 Å². The first kappa shape index (κ1) is 98.9. The number of hydrogen-bond acceptors (Lipinski definition) is 15. The Morgan fingerprint density at radius 2 is 0.500 bits per heavy atom. The minimum atomic E-state index is -5.00. The second-order valence-electron chi connectivity index (χ2n) is 26.2. The number of carbonyl (C=O) groups excluding carboxylic acids is 4. The molecule has 19 heteroatoms. The van der Waals surface area contributed by atoms with Crippen LogP contribution in [0.1, 0.15) is 310 Å². The van der Waals surface area contributed by atoms with E-state index in [2.05, 4.69) is 174 Å². The minimum Gasteiger partial charge on any atom is -0.462 e. The maximum absolute atomic E-state index is 13.1. The number of phosphoric acid groups is 2. The Bertz CT molecular complexity index is 2540. The minimum absolute atomic E-state index is 0.0669. The van der Waals surface area contributed by atoms with Gasteiger partial charge in [-0.05, 0) is 167 Å². The van der Waals surface area contributed by atoms with Crippen molar-refractivity contribution in [3.63, 3.8) is 0 Å². The highest BCUT2D eigenvalue weighted by atomic mass is 31.2. The summed E-state index contributed by atoms with van der Waals surface area (Å²) in [4.78, 5) is 73.0. The third kappa shape index (κ3) is 75.2. The lowest BCUT2D eigenvalue weighted by molar-refractivity contribution is -0.161. The van der Waals surface area contributed by atoms with Crippen LogP contribution in [-0.2, 0) is 65.4 Å². The van der Waals surface area contributed by atoms with Gasteiger partial charge in [0.2, 0.25) is 0 Å². The summed E-state index contributed by atoms with van der Waals surface area (Å²) >= 11 is 0. The average Bonchev–Trinajstić information content (AvgIpc) is 0.911. The van der Waals surface area contributed by atoms with E-state index in [-0.39, 0.29) is 25.7 Å². The molecule has 0 saturated carbocycles. The Hall–Kier alpha value is -5.06. The predicted molar refractivity (Wildman–Crippen MR) is 427 cm³/mol. The van der Waals surface area contributed by atoms with Crippen LogP contribution in [0.15, 0.2) is 146 Å². The number of allylic oxidation sites excluding steroid dienone is 24. The number of aliphatic hydroxyl groups is 1. The summed E-state index contributed by atoms with van der Waals surface area (Å²) in [6, 6.07) is 0. The molecule has 0 rings (SSSR count). The van der Waals surface area contributed by atoms with Crippen molar-refractivity contribution in [3.8, 4) is 0 Å². The molecule has 594 valence electrons. The van der Waals surface area contributed by atoms with Gasteiger partial charge in [0, 0.05) is 25.7 Å². The fourth-order valence-electron chi connectivity index (χ4n) is 10.2.